The van der Waals surface area contributed by atoms with Gasteiger partial charge in [-0.25, -0.2) is 0 Å². The fourth-order valence-corrected chi connectivity index (χ4v) is 13.9. The topological polar surface area (TPSA) is 228 Å². The summed E-state index contributed by atoms with van der Waals surface area (Å²) in [6, 6.07) is 0. The third-order valence-electron chi connectivity index (χ3n) is 17.0. The second kappa shape index (κ2) is 14.3. The third-order valence-corrected chi connectivity index (χ3v) is 17.0. The van der Waals surface area contributed by atoms with Gasteiger partial charge in [0.1, 0.15) is 42.7 Å². The van der Waals surface area contributed by atoms with Crippen LogP contribution in [0.4, 0.5) is 0 Å². The molecule has 0 aromatic carbocycles. The van der Waals surface area contributed by atoms with Crippen molar-refractivity contribution in [2.45, 2.75) is 198 Å². The van der Waals surface area contributed by atoms with Gasteiger partial charge >= 0.3 is 0 Å². The average Bonchev–Trinajstić information content (AvgIpc) is 3.70. The van der Waals surface area contributed by atoms with Crippen molar-refractivity contribution in [2.24, 2.45) is 45.3 Å². The molecule has 14 nitrogen and oxygen atoms in total. The maximum absolute atomic E-state index is 12.4. The molecular weight excluding hydrogens is 716 g/mol. The van der Waals surface area contributed by atoms with Crippen LogP contribution in [0.1, 0.15) is 107 Å². The number of aliphatic hydroxyl groups excluding tert-OH is 8. The zero-order valence-corrected chi connectivity index (χ0v) is 34.0. The monoisotopic (exact) mass is 786 g/mol. The van der Waals surface area contributed by atoms with Crippen molar-refractivity contribution in [1.82, 2.24) is 0 Å². The van der Waals surface area contributed by atoms with Crippen molar-refractivity contribution in [3.63, 3.8) is 0 Å². The van der Waals surface area contributed by atoms with Gasteiger partial charge in [0, 0.05) is 0 Å². The van der Waals surface area contributed by atoms with E-state index in [0.717, 1.165) is 25.7 Å². The number of rotatable bonds is 7. The van der Waals surface area contributed by atoms with Crippen molar-refractivity contribution in [2.75, 3.05) is 13.2 Å². The molecule has 14 heteroatoms. The van der Waals surface area contributed by atoms with Gasteiger partial charge in [0.25, 0.3) is 0 Å². The summed E-state index contributed by atoms with van der Waals surface area (Å²) in [6.07, 6.45) is -9.89. The van der Waals surface area contributed by atoms with Crippen molar-refractivity contribution in [3.05, 3.63) is 0 Å². The molecule has 7 fully saturated rings. The number of ether oxygens (including phenoxy) is 5. The van der Waals surface area contributed by atoms with E-state index in [-0.39, 0.29) is 41.8 Å². The molecule has 0 aromatic rings. The number of hydrogen-bond donors (Lipinski definition) is 9. The molecule has 3 saturated heterocycles. The summed E-state index contributed by atoms with van der Waals surface area (Å²) in [5.74, 6) is -0.233. The molecule has 0 aromatic heterocycles. The highest BCUT2D eigenvalue weighted by molar-refractivity contribution is 5.22. The second-order valence-corrected chi connectivity index (χ2v) is 20.8. The summed E-state index contributed by atoms with van der Waals surface area (Å²) in [5, 5.41) is 98.7. The van der Waals surface area contributed by atoms with Crippen molar-refractivity contribution < 1.29 is 69.6 Å². The van der Waals surface area contributed by atoms with Crippen molar-refractivity contribution in [1.29, 1.82) is 0 Å². The summed E-state index contributed by atoms with van der Waals surface area (Å²) in [5.41, 5.74) is -3.33. The summed E-state index contributed by atoms with van der Waals surface area (Å²) >= 11 is 0. The highest BCUT2D eigenvalue weighted by Gasteiger charge is 2.74. The SMILES string of the molecule is CC(C)(O)[C@@H]1CC[C@@](C)([C@H]2CC[C@@]3(C)[C@H]2[C@@H](O)C[C@@H]2[C@@]4(C)CCC(O)C(C)(C)[C@@H]4[C@H](O[C@@H]4O[C@H](CO)[C@@H](O)[C@H](O)[C@H]4O[C@@H]4OC[C@@H](O)[C@H](O)[C@H]4O)C[C@@]23C)O1. The van der Waals surface area contributed by atoms with E-state index in [1.807, 2.05) is 0 Å². The van der Waals surface area contributed by atoms with Gasteiger partial charge < -0.3 is 69.6 Å². The number of aliphatic hydroxyl groups is 9. The van der Waals surface area contributed by atoms with E-state index in [1.165, 1.54) is 0 Å². The Bertz CT molecular complexity index is 1390. The first kappa shape index (κ1) is 42.6. The Morgan fingerprint density at radius 1 is 0.745 bits per heavy atom. The van der Waals surface area contributed by atoms with E-state index in [1.54, 1.807) is 13.8 Å². The van der Waals surface area contributed by atoms with Gasteiger partial charge in [-0.05, 0) is 117 Å². The highest BCUT2D eigenvalue weighted by atomic mass is 16.8. The van der Waals surface area contributed by atoms with Gasteiger partial charge in [-0.3, -0.25) is 0 Å². The van der Waals surface area contributed by atoms with Crippen LogP contribution in [0.5, 0.6) is 0 Å². The molecule has 7 rings (SSSR count). The van der Waals surface area contributed by atoms with Crippen LogP contribution in [0.3, 0.4) is 0 Å². The van der Waals surface area contributed by atoms with Gasteiger partial charge in [-0.1, -0.05) is 34.6 Å². The zero-order chi connectivity index (χ0) is 40.4. The first-order valence-electron chi connectivity index (χ1n) is 20.8. The van der Waals surface area contributed by atoms with Gasteiger partial charge in [0.15, 0.2) is 12.6 Å². The predicted molar refractivity (Wildman–Crippen MR) is 196 cm³/mol. The Hall–Kier alpha value is -0.560. The molecule has 3 aliphatic heterocycles. The maximum Gasteiger partial charge on any atom is 0.187 e. The quantitative estimate of drug-likeness (QED) is 0.164. The second-order valence-electron chi connectivity index (χ2n) is 20.8. The molecule has 0 radical (unpaired) electrons. The standard InChI is InChI=1S/C41H70O14/c1-36(2)25(45)10-12-38(5)24-15-20(43)27-19(41(8)14-11-26(55-41)37(3,4)50)9-13-39(27,6)40(24,7)16-22(33(36)38)52-35-32(30(48)29(47)23(17-42)53-35)54-34-31(49)28(46)21(44)18-51-34/h19-35,42-50H,9-18H2,1-8H3/t19-,20-,21+,22+,23+,24+,25?,26-,27+,28-,29+,30-,31+,32+,33-,34-,35+,38+,39-,40-,41-/m0/s1. The minimum atomic E-state index is -1.68. The van der Waals surface area contributed by atoms with Gasteiger partial charge in [0.2, 0.25) is 0 Å². The van der Waals surface area contributed by atoms with Gasteiger partial charge in [-0.15, -0.1) is 0 Å². The minimum Gasteiger partial charge on any atom is -0.394 e. The molecule has 4 aliphatic carbocycles. The summed E-state index contributed by atoms with van der Waals surface area (Å²) in [6.45, 7) is 15.8. The largest absolute Gasteiger partial charge is 0.394 e. The smallest absolute Gasteiger partial charge is 0.187 e. The zero-order valence-electron chi connectivity index (χ0n) is 34.0. The van der Waals surface area contributed by atoms with Crippen LogP contribution in [0, 0.1) is 45.3 Å². The van der Waals surface area contributed by atoms with Gasteiger partial charge in [0.05, 0.1) is 48.8 Å². The lowest BCUT2D eigenvalue weighted by molar-refractivity contribution is -0.377. The third kappa shape index (κ3) is 6.50. The van der Waals surface area contributed by atoms with E-state index >= 15 is 0 Å². The molecule has 7 aliphatic rings. The maximum atomic E-state index is 12.4. The lowest BCUT2D eigenvalue weighted by Gasteiger charge is -2.72. The summed E-state index contributed by atoms with van der Waals surface area (Å²) < 4.78 is 31.6. The molecule has 318 valence electrons. The molecule has 0 bridgehead atoms. The van der Waals surface area contributed by atoms with E-state index < -0.39 is 108 Å². The normalized spacial score (nSPS) is 56.8. The summed E-state index contributed by atoms with van der Waals surface area (Å²) in [4.78, 5) is 0. The van der Waals surface area contributed by atoms with Crippen LogP contribution in [-0.2, 0) is 23.7 Å². The lowest BCUT2D eigenvalue weighted by Crippen LogP contribution is -2.71. The average molecular weight is 787 g/mol. The first-order chi connectivity index (χ1) is 25.4. The molecular formula is C41H70O14. The predicted octanol–water partition coefficient (Wildman–Crippen LogP) is 0.970. The molecule has 1 unspecified atom stereocenters. The van der Waals surface area contributed by atoms with Crippen molar-refractivity contribution in [3.8, 4) is 0 Å². The minimum absolute atomic E-state index is 0.0590. The van der Waals surface area contributed by atoms with Crippen LogP contribution in [0.2, 0.25) is 0 Å². The fourth-order valence-electron chi connectivity index (χ4n) is 13.9. The molecule has 3 heterocycles. The first-order valence-corrected chi connectivity index (χ1v) is 20.8. The molecule has 0 amide bonds. The highest BCUT2D eigenvalue weighted by Crippen LogP contribution is 2.76. The van der Waals surface area contributed by atoms with E-state index in [0.29, 0.717) is 25.7 Å². The summed E-state index contributed by atoms with van der Waals surface area (Å²) in [7, 11) is 0. The van der Waals surface area contributed by atoms with E-state index in [9.17, 15) is 46.0 Å². The molecule has 4 saturated carbocycles. The molecule has 0 spiro atoms. The van der Waals surface area contributed by atoms with Crippen molar-refractivity contribution >= 4 is 0 Å². The van der Waals surface area contributed by atoms with Crippen LogP contribution in [-0.4, -0.2) is 150 Å². The Kier molecular flexibility index (Phi) is 11.1. The Balaban J connectivity index is 1.25. The van der Waals surface area contributed by atoms with Crippen LogP contribution in [0.15, 0.2) is 0 Å². The molecule has 9 N–H and O–H groups in total. The fraction of sp³-hybridized carbons (Fsp3) is 1.00. The Labute approximate surface area is 325 Å². The van der Waals surface area contributed by atoms with Crippen LogP contribution in [0.25, 0.3) is 0 Å². The Morgan fingerprint density at radius 2 is 1.44 bits per heavy atom. The molecule has 55 heavy (non-hydrogen) atoms. The van der Waals surface area contributed by atoms with E-state index in [4.69, 9.17) is 23.7 Å². The van der Waals surface area contributed by atoms with Crippen LogP contribution < -0.4 is 0 Å². The van der Waals surface area contributed by atoms with Crippen LogP contribution >= 0.6 is 0 Å². The number of fused-ring (bicyclic) bond motifs is 5. The lowest BCUT2D eigenvalue weighted by atomic mass is 9.34. The van der Waals surface area contributed by atoms with Gasteiger partial charge in [-0.2, -0.15) is 0 Å². The Morgan fingerprint density at radius 3 is 2.07 bits per heavy atom. The molecule has 21 atom stereocenters. The van der Waals surface area contributed by atoms with E-state index in [2.05, 4.69) is 41.5 Å². The number of hydrogen-bond acceptors (Lipinski definition) is 14.